The molecule has 0 radical (unpaired) electrons. The zero-order chi connectivity index (χ0) is 25.3. The number of carbonyl (C=O) groups is 1. The summed E-state index contributed by atoms with van der Waals surface area (Å²) in [4.78, 5) is 15.8. The van der Waals surface area contributed by atoms with E-state index < -0.39 is 21.7 Å². The van der Waals surface area contributed by atoms with Gasteiger partial charge in [0, 0.05) is 19.6 Å². The molecule has 2 heterocycles. The normalized spacial score (nSPS) is 20.2. The number of halogens is 1. The summed E-state index contributed by atoms with van der Waals surface area (Å²) in [6, 6.07) is 22.5. The van der Waals surface area contributed by atoms with Crippen molar-refractivity contribution in [3.05, 3.63) is 101 Å². The molecule has 8 heteroatoms. The minimum Gasteiger partial charge on any atom is -0.319 e. The van der Waals surface area contributed by atoms with Crippen molar-refractivity contribution in [1.82, 2.24) is 14.5 Å². The van der Waals surface area contributed by atoms with Crippen molar-refractivity contribution in [3.63, 3.8) is 0 Å². The summed E-state index contributed by atoms with van der Waals surface area (Å²) in [6.07, 6.45) is 1.49. The fraction of sp³-hybridized carbons (Fsp3) is 0.321. The molecule has 1 amide bonds. The van der Waals surface area contributed by atoms with Gasteiger partial charge in [0.05, 0.1) is 16.6 Å². The Labute approximate surface area is 211 Å². The van der Waals surface area contributed by atoms with E-state index in [1.54, 1.807) is 36.4 Å². The number of benzene rings is 3. The largest absolute Gasteiger partial charge is 0.319 e. The van der Waals surface area contributed by atoms with E-state index >= 15 is 0 Å². The van der Waals surface area contributed by atoms with Crippen molar-refractivity contribution >= 4 is 15.9 Å². The van der Waals surface area contributed by atoms with Crippen LogP contribution in [0.25, 0.3) is 0 Å². The summed E-state index contributed by atoms with van der Waals surface area (Å²) in [5.41, 5.74) is 2.23. The molecule has 5 rings (SSSR count). The highest BCUT2D eigenvalue weighted by atomic mass is 32.2. The van der Waals surface area contributed by atoms with Crippen LogP contribution in [-0.4, -0.2) is 48.3 Å². The minimum absolute atomic E-state index is 0.0157. The first kappa shape index (κ1) is 24.6. The van der Waals surface area contributed by atoms with Gasteiger partial charge in [-0.3, -0.25) is 10.1 Å². The molecule has 188 valence electrons. The highest BCUT2D eigenvalue weighted by molar-refractivity contribution is 7.89. The van der Waals surface area contributed by atoms with E-state index in [2.05, 4.69) is 5.32 Å². The Morgan fingerprint density at radius 3 is 2.19 bits per heavy atom. The highest BCUT2D eigenvalue weighted by Crippen LogP contribution is 2.36. The molecule has 0 aromatic heterocycles. The Morgan fingerprint density at radius 2 is 1.56 bits per heavy atom. The van der Waals surface area contributed by atoms with Gasteiger partial charge < -0.3 is 4.90 Å². The second-order valence-electron chi connectivity index (χ2n) is 9.69. The second kappa shape index (κ2) is 9.76. The van der Waals surface area contributed by atoms with E-state index in [-0.39, 0.29) is 16.6 Å². The summed E-state index contributed by atoms with van der Waals surface area (Å²) in [5, 5.41) is 3.59. The number of piperidine rings is 1. The van der Waals surface area contributed by atoms with Gasteiger partial charge in [0.15, 0.2) is 0 Å². The lowest BCUT2D eigenvalue weighted by Gasteiger charge is -2.44. The second-order valence-corrected chi connectivity index (χ2v) is 11.6. The van der Waals surface area contributed by atoms with Crippen molar-refractivity contribution < 1.29 is 17.6 Å². The minimum atomic E-state index is -3.62. The number of hydrogen-bond donors (Lipinski definition) is 1. The number of nitrogens with one attached hydrogen (secondary N) is 1. The summed E-state index contributed by atoms with van der Waals surface area (Å²) in [6.45, 7) is 2.86. The van der Waals surface area contributed by atoms with E-state index in [9.17, 15) is 17.6 Å². The third-order valence-electron chi connectivity index (χ3n) is 7.27. The van der Waals surface area contributed by atoms with Crippen molar-refractivity contribution in [3.8, 4) is 0 Å². The maximum absolute atomic E-state index is 13.6. The highest BCUT2D eigenvalue weighted by Gasteiger charge is 2.52. The van der Waals surface area contributed by atoms with Gasteiger partial charge in [-0.1, -0.05) is 60.2 Å². The average molecular weight is 508 g/mol. The Hall–Kier alpha value is -3.07. The SMILES string of the molecule is Cc1ccc(S(=O)(=O)N2CCC3(CC2)N[C@@H](Cc2ccccc2)C(=O)N3Cc2ccc(F)cc2)cc1. The summed E-state index contributed by atoms with van der Waals surface area (Å²) in [5.74, 6) is -0.339. The molecule has 0 saturated carbocycles. The molecule has 0 bridgehead atoms. The van der Waals surface area contributed by atoms with Gasteiger partial charge >= 0.3 is 0 Å². The van der Waals surface area contributed by atoms with Gasteiger partial charge in [0.25, 0.3) is 0 Å². The number of hydrogen-bond acceptors (Lipinski definition) is 4. The van der Waals surface area contributed by atoms with Crippen LogP contribution in [0.4, 0.5) is 4.39 Å². The predicted molar refractivity (Wildman–Crippen MR) is 136 cm³/mol. The zero-order valence-electron chi connectivity index (χ0n) is 20.2. The fourth-order valence-electron chi connectivity index (χ4n) is 5.22. The molecule has 3 aromatic rings. The average Bonchev–Trinajstić information content (AvgIpc) is 3.11. The lowest BCUT2D eigenvalue weighted by Crippen LogP contribution is -2.59. The van der Waals surface area contributed by atoms with Crippen LogP contribution in [0.3, 0.4) is 0 Å². The quantitative estimate of drug-likeness (QED) is 0.550. The summed E-state index contributed by atoms with van der Waals surface area (Å²) >= 11 is 0. The molecule has 6 nitrogen and oxygen atoms in total. The van der Waals surface area contributed by atoms with E-state index in [0.717, 1.165) is 16.7 Å². The van der Waals surface area contributed by atoms with Crippen LogP contribution in [0.15, 0.2) is 83.8 Å². The van der Waals surface area contributed by atoms with Crippen LogP contribution in [-0.2, 0) is 27.8 Å². The first-order valence-corrected chi connectivity index (χ1v) is 13.7. The monoisotopic (exact) mass is 507 g/mol. The molecule has 0 aliphatic carbocycles. The maximum atomic E-state index is 13.6. The van der Waals surface area contributed by atoms with Crippen LogP contribution in [0, 0.1) is 12.7 Å². The molecule has 1 atom stereocenters. The number of sulfonamides is 1. The van der Waals surface area contributed by atoms with E-state index in [0.29, 0.717) is 38.9 Å². The Balaban J connectivity index is 1.39. The first-order valence-electron chi connectivity index (χ1n) is 12.2. The molecule has 1 N–H and O–H groups in total. The van der Waals surface area contributed by atoms with Crippen molar-refractivity contribution in [2.75, 3.05) is 13.1 Å². The van der Waals surface area contributed by atoms with Gasteiger partial charge in [-0.2, -0.15) is 4.31 Å². The lowest BCUT2D eigenvalue weighted by atomic mass is 9.96. The molecular formula is C28H30FN3O3S. The topological polar surface area (TPSA) is 69.7 Å². The number of aryl methyl sites for hydroxylation is 1. The Kier molecular flexibility index (Phi) is 6.68. The summed E-state index contributed by atoms with van der Waals surface area (Å²) < 4.78 is 41.5. The van der Waals surface area contributed by atoms with Crippen molar-refractivity contribution in [1.29, 1.82) is 0 Å². The van der Waals surface area contributed by atoms with Crippen molar-refractivity contribution in [2.24, 2.45) is 0 Å². The molecule has 2 saturated heterocycles. The van der Waals surface area contributed by atoms with Crippen LogP contribution in [0.1, 0.15) is 29.5 Å². The number of rotatable bonds is 6. The van der Waals surface area contributed by atoms with E-state index in [1.807, 2.05) is 42.2 Å². The van der Waals surface area contributed by atoms with Crippen molar-refractivity contribution in [2.45, 2.75) is 49.3 Å². The first-order chi connectivity index (χ1) is 17.3. The van der Waals surface area contributed by atoms with Crippen LogP contribution >= 0.6 is 0 Å². The maximum Gasteiger partial charge on any atom is 0.243 e. The molecule has 0 unspecified atom stereocenters. The van der Waals surface area contributed by atoms with Crippen LogP contribution in [0.5, 0.6) is 0 Å². The molecule has 2 aliphatic rings. The van der Waals surface area contributed by atoms with Gasteiger partial charge in [0.1, 0.15) is 5.82 Å². The molecule has 36 heavy (non-hydrogen) atoms. The number of amides is 1. The van der Waals surface area contributed by atoms with Gasteiger partial charge in [-0.15, -0.1) is 0 Å². The molecule has 3 aromatic carbocycles. The predicted octanol–water partition coefficient (Wildman–Crippen LogP) is 3.86. The summed E-state index contributed by atoms with van der Waals surface area (Å²) in [7, 11) is -3.62. The fourth-order valence-corrected chi connectivity index (χ4v) is 6.66. The van der Waals surface area contributed by atoms with Gasteiger partial charge in [0.2, 0.25) is 15.9 Å². The van der Waals surface area contributed by atoms with E-state index in [4.69, 9.17) is 0 Å². The molecule has 1 spiro atoms. The molecule has 2 fully saturated rings. The lowest BCUT2D eigenvalue weighted by molar-refractivity contribution is -0.134. The van der Waals surface area contributed by atoms with E-state index in [1.165, 1.54) is 16.4 Å². The molecule has 2 aliphatic heterocycles. The molecular weight excluding hydrogens is 477 g/mol. The van der Waals surface area contributed by atoms with Gasteiger partial charge in [-0.25, -0.2) is 12.8 Å². The van der Waals surface area contributed by atoms with Crippen LogP contribution < -0.4 is 5.32 Å². The zero-order valence-corrected chi connectivity index (χ0v) is 21.0. The smallest absolute Gasteiger partial charge is 0.243 e. The third kappa shape index (κ3) is 4.81. The standard InChI is InChI=1S/C28H30FN3O3S/c1-21-7-13-25(14-8-21)36(34,35)31-17-15-28(16-18-31)30-26(19-22-5-3-2-4-6-22)27(33)32(28)20-23-9-11-24(29)12-10-23/h2-14,26,30H,15-20H2,1H3/t26-/m0/s1. The third-order valence-corrected chi connectivity index (χ3v) is 9.18. The van der Waals surface area contributed by atoms with Crippen LogP contribution in [0.2, 0.25) is 0 Å². The number of nitrogens with zero attached hydrogens (tertiary/aromatic N) is 2. The van der Waals surface area contributed by atoms with Gasteiger partial charge in [-0.05, 0) is 61.6 Å². The Bertz CT molecular complexity index is 1320. The number of carbonyl (C=O) groups excluding carboxylic acids is 1. The Morgan fingerprint density at radius 1 is 0.917 bits per heavy atom.